The molecule has 0 aliphatic rings. The molecule has 9 heteroatoms. The van der Waals surface area contributed by atoms with Crippen LogP contribution in [0.4, 0.5) is 26.3 Å². The Balaban J connectivity index is 2.13. The summed E-state index contributed by atoms with van der Waals surface area (Å²) in [6.07, 6.45) is -9.90. The van der Waals surface area contributed by atoms with Gasteiger partial charge in [0.2, 0.25) is 0 Å². The number of benzene rings is 3. The quantitative estimate of drug-likeness (QED) is 0.327. The molecular formula is C22H15F6NO2. The van der Waals surface area contributed by atoms with Gasteiger partial charge in [-0.3, -0.25) is 0 Å². The van der Waals surface area contributed by atoms with Crippen LogP contribution in [0.15, 0.2) is 54.6 Å². The molecule has 0 radical (unpaired) electrons. The van der Waals surface area contributed by atoms with E-state index in [1.54, 1.807) is 36.4 Å². The zero-order chi connectivity index (χ0) is 22.6. The molecule has 3 nitrogen and oxygen atoms in total. The minimum atomic E-state index is -5.00. The minimum absolute atomic E-state index is 0.139. The molecule has 1 aromatic heterocycles. The van der Waals surface area contributed by atoms with Gasteiger partial charge < -0.3 is 14.0 Å². The van der Waals surface area contributed by atoms with Gasteiger partial charge in [0, 0.05) is 10.8 Å². The first kappa shape index (κ1) is 20.9. The number of aromatic nitrogens is 1. The summed E-state index contributed by atoms with van der Waals surface area (Å²) in [5, 5.41) is 1.14. The topological polar surface area (TPSA) is 23.4 Å². The molecule has 0 unspecified atom stereocenters. The summed E-state index contributed by atoms with van der Waals surface area (Å²) < 4.78 is 92.5. The second-order valence-corrected chi connectivity index (χ2v) is 6.83. The molecule has 0 spiro atoms. The number of alkyl halides is 6. The summed E-state index contributed by atoms with van der Waals surface area (Å²) in [6.45, 7) is 0. The van der Waals surface area contributed by atoms with E-state index in [1.165, 1.54) is 18.8 Å². The Hall–Kier alpha value is -3.36. The summed E-state index contributed by atoms with van der Waals surface area (Å²) in [5.41, 5.74) is -2.39. The molecule has 0 atom stereocenters. The first-order chi connectivity index (χ1) is 14.5. The highest BCUT2D eigenvalue weighted by atomic mass is 19.4. The van der Waals surface area contributed by atoms with Crippen molar-refractivity contribution in [1.29, 1.82) is 0 Å². The van der Waals surface area contributed by atoms with Gasteiger partial charge in [0.1, 0.15) is 11.5 Å². The molecule has 0 saturated carbocycles. The number of fused-ring (bicyclic) bond motifs is 3. The zero-order valence-electron chi connectivity index (χ0n) is 16.2. The van der Waals surface area contributed by atoms with Crippen LogP contribution in [0.25, 0.3) is 27.5 Å². The Kier molecular flexibility index (Phi) is 4.79. The van der Waals surface area contributed by atoms with Gasteiger partial charge in [-0.05, 0) is 54.6 Å². The fraction of sp³-hybridized carbons (Fsp3) is 0.182. The molecule has 0 N–H and O–H groups in total. The zero-order valence-corrected chi connectivity index (χ0v) is 16.2. The first-order valence-corrected chi connectivity index (χ1v) is 8.99. The molecule has 1 heterocycles. The molecule has 162 valence electrons. The largest absolute Gasteiger partial charge is 0.497 e. The van der Waals surface area contributed by atoms with Crippen LogP contribution in [0.1, 0.15) is 11.1 Å². The lowest BCUT2D eigenvalue weighted by atomic mass is 10.1. The molecule has 0 amide bonds. The second-order valence-electron chi connectivity index (χ2n) is 6.83. The van der Waals surface area contributed by atoms with E-state index < -0.39 is 29.2 Å². The van der Waals surface area contributed by atoms with Gasteiger partial charge in [0.05, 0.1) is 42.1 Å². The molecule has 4 rings (SSSR count). The van der Waals surface area contributed by atoms with Crippen molar-refractivity contribution in [3.8, 4) is 17.2 Å². The van der Waals surface area contributed by atoms with Crippen LogP contribution in [0.3, 0.4) is 0 Å². The SMILES string of the molecule is COc1ccc2c(c1)c1cc(OC)ccc1n2-c1ccc(C(F)(F)F)cc1C(F)(F)F. The number of hydrogen-bond acceptors (Lipinski definition) is 2. The van der Waals surface area contributed by atoms with E-state index >= 15 is 0 Å². The average molecular weight is 439 g/mol. The van der Waals surface area contributed by atoms with E-state index in [4.69, 9.17) is 9.47 Å². The number of methoxy groups -OCH3 is 2. The van der Waals surface area contributed by atoms with Crippen molar-refractivity contribution in [3.63, 3.8) is 0 Å². The first-order valence-electron chi connectivity index (χ1n) is 8.99. The average Bonchev–Trinajstić information content (AvgIpc) is 3.04. The van der Waals surface area contributed by atoms with E-state index in [0.717, 1.165) is 6.07 Å². The fourth-order valence-electron chi connectivity index (χ4n) is 3.63. The van der Waals surface area contributed by atoms with Gasteiger partial charge >= 0.3 is 12.4 Å². The van der Waals surface area contributed by atoms with Crippen LogP contribution in [0, 0.1) is 0 Å². The smallest absolute Gasteiger partial charge is 0.418 e. The second kappa shape index (κ2) is 7.11. The van der Waals surface area contributed by atoms with Crippen molar-refractivity contribution in [1.82, 2.24) is 4.57 Å². The van der Waals surface area contributed by atoms with Crippen LogP contribution in [0.5, 0.6) is 11.5 Å². The maximum absolute atomic E-state index is 13.8. The summed E-state index contributed by atoms with van der Waals surface area (Å²) in [6, 6.07) is 11.2. The Labute approximate surface area is 172 Å². The monoisotopic (exact) mass is 439 g/mol. The van der Waals surface area contributed by atoms with Crippen LogP contribution < -0.4 is 9.47 Å². The van der Waals surface area contributed by atoms with Gasteiger partial charge in [-0.25, -0.2) is 0 Å². The standard InChI is InChI=1S/C22H15F6NO2/c1-30-13-4-7-18-15(10-13)16-11-14(31-2)5-8-19(16)29(18)20-6-3-12(21(23,24)25)9-17(20)22(26,27)28/h3-11H,1-2H3. The van der Waals surface area contributed by atoms with Crippen molar-refractivity contribution in [2.24, 2.45) is 0 Å². The molecule has 4 aromatic rings. The highest BCUT2D eigenvalue weighted by Crippen LogP contribution is 2.42. The summed E-state index contributed by atoms with van der Waals surface area (Å²) in [7, 11) is 2.91. The summed E-state index contributed by atoms with van der Waals surface area (Å²) in [5.74, 6) is 0.968. The Morgan fingerprint density at radius 3 is 1.58 bits per heavy atom. The van der Waals surface area contributed by atoms with Gasteiger partial charge in [-0.15, -0.1) is 0 Å². The van der Waals surface area contributed by atoms with Gasteiger partial charge in [-0.2, -0.15) is 26.3 Å². The van der Waals surface area contributed by atoms with Crippen molar-refractivity contribution >= 4 is 21.8 Å². The predicted octanol–water partition coefficient (Wildman–Crippen LogP) is 6.84. The van der Waals surface area contributed by atoms with E-state index in [1.807, 2.05) is 0 Å². The van der Waals surface area contributed by atoms with Crippen LogP contribution >= 0.6 is 0 Å². The maximum Gasteiger partial charge on any atom is 0.418 e. The van der Waals surface area contributed by atoms with Crippen molar-refractivity contribution in [2.75, 3.05) is 14.2 Å². The fourth-order valence-corrected chi connectivity index (χ4v) is 3.63. The van der Waals surface area contributed by atoms with Crippen LogP contribution in [-0.4, -0.2) is 18.8 Å². The van der Waals surface area contributed by atoms with E-state index in [9.17, 15) is 26.3 Å². The minimum Gasteiger partial charge on any atom is -0.497 e. The Morgan fingerprint density at radius 2 is 1.16 bits per heavy atom. The number of ether oxygens (including phenoxy) is 2. The lowest BCUT2D eigenvalue weighted by Crippen LogP contribution is -2.14. The van der Waals surface area contributed by atoms with Crippen molar-refractivity contribution in [3.05, 3.63) is 65.7 Å². The molecule has 0 fully saturated rings. The molecule has 31 heavy (non-hydrogen) atoms. The number of hydrogen-bond donors (Lipinski definition) is 0. The number of halogens is 6. The number of rotatable bonds is 3. The van der Waals surface area contributed by atoms with Crippen LogP contribution in [-0.2, 0) is 12.4 Å². The van der Waals surface area contributed by atoms with Crippen molar-refractivity contribution < 1.29 is 35.8 Å². The van der Waals surface area contributed by atoms with E-state index in [2.05, 4.69) is 0 Å². The Bertz CT molecular complexity index is 1230. The highest BCUT2D eigenvalue weighted by Gasteiger charge is 2.39. The van der Waals surface area contributed by atoms with Gasteiger partial charge in [-0.1, -0.05) is 0 Å². The third-order valence-electron chi connectivity index (χ3n) is 5.05. The third kappa shape index (κ3) is 3.54. The summed E-state index contributed by atoms with van der Waals surface area (Å²) >= 11 is 0. The van der Waals surface area contributed by atoms with Gasteiger partial charge in [0.15, 0.2) is 0 Å². The molecule has 0 bridgehead atoms. The summed E-state index contributed by atoms with van der Waals surface area (Å²) in [4.78, 5) is 0. The molecule has 3 aromatic carbocycles. The van der Waals surface area contributed by atoms with Gasteiger partial charge in [0.25, 0.3) is 0 Å². The Morgan fingerprint density at radius 1 is 0.645 bits per heavy atom. The maximum atomic E-state index is 13.8. The normalized spacial score (nSPS) is 12.5. The molecule has 0 aliphatic carbocycles. The molecule has 0 saturated heterocycles. The molecular weight excluding hydrogens is 424 g/mol. The van der Waals surface area contributed by atoms with E-state index in [0.29, 0.717) is 39.4 Å². The van der Waals surface area contributed by atoms with Crippen LogP contribution in [0.2, 0.25) is 0 Å². The van der Waals surface area contributed by atoms with Crippen molar-refractivity contribution in [2.45, 2.75) is 12.4 Å². The lowest BCUT2D eigenvalue weighted by Gasteiger charge is -2.18. The van der Waals surface area contributed by atoms with E-state index in [-0.39, 0.29) is 6.07 Å². The number of nitrogens with zero attached hydrogens (tertiary/aromatic N) is 1. The molecule has 0 aliphatic heterocycles. The predicted molar refractivity (Wildman–Crippen MR) is 104 cm³/mol. The lowest BCUT2D eigenvalue weighted by molar-refractivity contribution is -0.142. The third-order valence-corrected chi connectivity index (χ3v) is 5.05. The highest BCUT2D eigenvalue weighted by molar-refractivity contribution is 6.10.